The summed E-state index contributed by atoms with van der Waals surface area (Å²) in [5.74, 6) is -0.608. The molecule has 1 rings (SSSR count). The zero-order chi connectivity index (χ0) is 24.3. The van der Waals surface area contributed by atoms with Gasteiger partial charge < -0.3 is 28.1 Å². The van der Waals surface area contributed by atoms with Gasteiger partial charge in [0.15, 0.2) is 6.79 Å². The SMILES string of the molecule is [B][C@@H]1O[C@H](CC)C(OP(OCCC#N)N(C(C)C)C(C)C)[C@@H]1OCOC(=O)CCC(C)=O. The number of nitriles is 1. The quantitative estimate of drug-likeness (QED) is 0.117. The fourth-order valence-corrected chi connectivity index (χ4v) is 5.10. The van der Waals surface area contributed by atoms with Crippen LogP contribution in [-0.4, -0.2) is 74.1 Å². The van der Waals surface area contributed by atoms with Crippen molar-refractivity contribution in [2.45, 2.75) is 104 Å². The van der Waals surface area contributed by atoms with E-state index >= 15 is 0 Å². The number of nitrogens with zero attached hydrogens (tertiary/aromatic N) is 2. The highest BCUT2D eigenvalue weighted by molar-refractivity contribution is 7.44. The number of Topliss-reactive ketones (excluding diaryl/α,β-unsaturated/α-hetero) is 1. The van der Waals surface area contributed by atoms with Crippen molar-refractivity contribution in [2.75, 3.05) is 13.4 Å². The lowest BCUT2D eigenvalue weighted by molar-refractivity contribution is -0.165. The molecule has 0 amide bonds. The Morgan fingerprint density at radius 3 is 2.38 bits per heavy atom. The van der Waals surface area contributed by atoms with Crippen molar-refractivity contribution in [3.8, 4) is 6.07 Å². The molecule has 1 aliphatic heterocycles. The van der Waals surface area contributed by atoms with Crippen LogP contribution in [0.5, 0.6) is 0 Å². The molecule has 2 unspecified atom stereocenters. The second-order valence-corrected chi connectivity index (χ2v) is 9.54. The fraction of sp³-hybridized carbons (Fsp3) is 0.857. The predicted octanol–water partition coefficient (Wildman–Crippen LogP) is 3.21. The molecule has 1 saturated heterocycles. The summed E-state index contributed by atoms with van der Waals surface area (Å²) >= 11 is 0. The fourth-order valence-electron chi connectivity index (χ4n) is 3.33. The number of ether oxygens (including phenoxy) is 3. The zero-order valence-corrected chi connectivity index (χ0v) is 20.9. The molecule has 32 heavy (non-hydrogen) atoms. The van der Waals surface area contributed by atoms with Gasteiger partial charge in [-0.2, -0.15) is 5.26 Å². The van der Waals surface area contributed by atoms with Gasteiger partial charge >= 0.3 is 5.97 Å². The maximum atomic E-state index is 11.8. The molecule has 0 aliphatic carbocycles. The predicted molar refractivity (Wildman–Crippen MR) is 121 cm³/mol. The number of carbonyl (C=O) groups excluding carboxylic acids is 2. The van der Waals surface area contributed by atoms with E-state index in [0.717, 1.165) is 0 Å². The standard InChI is InChI=1S/C21H36BN2O7P/c1-7-17-19(31-32(29-12-8-11-23)24(14(2)3)15(4)5)20(21(22)30-17)28-13-27-18(26)10-9-16(6)25/h14-15,17,19-21H,7-10,12-13H2,1-6H3/t17-,19?,20+,21-,32?/m1/s1. The Hall–Kier alpha value is -1.08. The average Bonchev–Trinajstić information content (AvgIpc) is 3.00. The third-order valence-corrected chi connectivity index (χ3v) is 6.91. The van der Waals surface area contributed by atoms with Crippen LogP contribution in [0.1, 0.15) is 67.2 Å². The first kappa shape index (κ1) is 29.0. The molecule has 180 valence electrons. The first-order valence-corrected chi connectivity index (χ1v) is 12.2. The lowest BCUT2D eigenvalue weighted by atomic mass is 9.92. The summed E-state index contributed by atoms with van der Waals surface area (Å²) in [4.78, 5) is 22.8. The summed E-state index contributed by atoms with van der Waals surface area (Å²) in [7, 11) is 4.62. The summed E-state index contributed by atoms with van der Waals surface area (Å²) in [6, 6.07) is 1.60. The summed E-state index contributed by atoms with van der Waals surface area (Å²) in [6.07, 6.45) is -0.528. The van der Waals surface area contributed by atoms with Gasteiger partial charge in [0.2, 0.25) is 0 Å². The van der Waals surface area contributed by atoms with Crippen LogP contribution in [0.2, 0.25) is 0 Å². The minimum atomic E-state index is -1.52. The molecule has 0 spiro atoms. The molecule has 2 radical (unpaired) electrons. The first-order valence-electron chi connectivity index (χ1n) is 11.0. The van der Waals surface area contributed by atoms with E-state index in [9.17, 15) is 9.59 Å². The molecule has 1 heterocycles. The van der Waals surface area contributed by atoms with Crippen molar-refractivity contribution in [2.24, 2.45) is 0 Å². The summed E-state index contributed by atoms with van der Waals surface area (Å²) in [5, 5.41) is 8.89. The van der Waals surface area contributed by atoms with E-state index in [4.69, 9.17) is 36.4 Å². The van der Waals surface area contributed by atoms with Crippen LogP contribution in [0.25, 0.3) is 0 Å². The van der Waals surface area contributed by atoms with Gasteiger partial charge in [-0.15, -0.1) is 0 Å². The Balaban J connectivity index is 2.88. The van der Waals surface area contributed by atoms with Gasteiger partial charge in [0.05, 0.1) is 31.6 Å². The number of ketones is 1. The molecule has 0 bridgehead atoms. The van der Waals surface area contributed by atoms with Gasteiger partial charge in [-0.3, -0.25) is 4.79 Å². The molecule has 1 aliphatic rings. The van der Waals surface area contributed by atoms with E-state index < -0.39 is 32.7 Å². The molecule has 0 saturated carbocycles. The van der Waals surface area contributed by atoms with Gasteiger partial charge in [0, 0.05) is 24.5 Å². The Labute approximate surface area is 194 Å². The van der Waals surface area contributed by atoms with E-state index in [-0.39, 0.29) is 56.6 Å². The number of hydrogen-bond donors (Lipinski definition) is 0. The van der Waals surface area contributed by atoms with Gasteiger partial charge in [0.25, 0.3) is 8.53 Å². The molecule has 9 nitrogen and oxygen atoms in total. The lowest BCUT2D eigenvalue weighted by Gasteiger charge is -2.38. The van der Waals surface area contributed by atoms with E-state index in [0.29, 0.717) is 6.42 Å². The van der Waals surface area contributed by atoms with Crippen LogP contribution in [0.4, 0.5) is 0 Å². The summed E-state index contributed by atoms with van der Waals surface area (Å²) < 4.78 is 31.1. The van der Waals surface area contributed by atoms with Crippen molar-refractivity contribution < 1.29 is 32.8 Å². The van der Waals surface area contributed by atoms with Crippen molar-refractivity contribution in [1.29, 1.82) is 5.26 Å². The molecular weight excluding hydrogens is 434 g/mol. The third-order valence-electron chi connectivity index (χ3n) is 4.78. The normalized spacial score (nSPS) is 24.1. The van der Waals surface area contributed by atoms with Gasteiger partial charge in [0.1, 0.15) is 25.8 Å². The Kier molecular flexibility index (Phi) is 13.5. The Bertz CT molecular complexity index is 624. The molecule has 0 aromatic carbocycles. The average molecular weight is 470 g/mol. The summed E-state index contributed by atoms with van der Waals surface area (Å²) in [5.41, 5.74) is 0. The number of esters is 1. The zero-order valence-electron chi connectivity index (χ0n) is 20.0. The van der Waals surface area contributed by atoms with E-state index in [1.54, 1.807) is 0 Å². The van der Waals surface area contributed by atoms with Crippen LogP contribution in [0.3, 0.4) is 0 Å². The van der Waals surface area contributed by atoms with E-state index in [1.807, 2.05) is 6.92 Å². The van der Waals surface area contributed by atoms with Crippen molar-refractivity contribution >= 4 is 28.1 Å². The highest BCUT2D eigenvalue weighted by Gasteiger charge is 2.46. The maximum Gasteiger partial charge on any atom is 0.308 e. The molecule has 0 aromatic rings. The molecule has 11 heteroatoms. The van der Waals surface area contributed by atoms with Crippen LogP contribution in [0, 0.1) is 11.3 Å². The van der Waals surface area contributed by atoms with Crippen LogP contribution >= 0.6 is 8.53 Å². The van der Waals surface area contributed by atoms with Gasteiger partial charge in [-0.05, 0) is 41.0 Å². The maximum absolute atomic E-state index is 11.8. The molecule has 5 atom stereocenters. The van der Waals surface area contributed by atoms with Gasteiger partial charge in [-0.1, -0.05) is 6.92 Å². The van der Waals surface area contributed by atoms with Crippen molar-refractivity contribution in [3.63, 3.8) is 0 Å². The number of carbonyl (C=O) groups is 2. The lowest BCUT2D eigenvalue weighted by Crippen LogP contribution is -2.41. The van der Waals surface area contributed by atoms with Crippen molar-refractivity contribution in [3.05, 3.63) is 0 Å². The largest absolute Gasteiger partial charge is 0.438 e. The first-order chi connectivity index (χ1) is 15.1. The highest BCUT2D eigenvalue weighted by atomic mass is 31.2. The van der Waals surface area contributed by atoms with E-state index in [2.05, 4.69) is 38.4 Å². The number of rotatable bonds is 15. The van der Waals surface area contributed by atoms with Gasteiger partial charge in [-0.25, -0.2) is 4.67 Å². The van der Waals surface area contributed by atoms with Crippen LogP contribution in [0.15, 0.2) is 0 Å². The molecular formula is C21H36BN2O7P. The number of hydrogen-bond acceptors (Lipinski definition) is 9. The van der Waals surface area contributed by atoms with Crippen LogP contribution < -0.4 is 0 Å². The molecule has 0 N–H and O–H groups in total. The molecule has 0 aromatic heterocycles. The second kappa shape index (κ2) is 14.9. The Morgan fingerprint density at radius 1 is 1.19 bits per heavy atom. The minimum absolute atomic E-state index is 0.000797. The summed E-state index contributed by atoms with van der Waals surface area (Å²) in [6.45, 7) is 11.5. The monoisotopic (exact) mass is 470 g/mol. The molecule has 1 fully saturated rings. The van der Waals surface area contributed by atoms with Crippen LogP contribution in [-0.2, 0) is 32.8 Å². The second-order valence-electron chi connectivity index (χ2n) is 8.13. The minimum Gasteiger partial charge on any atom is -0.438 e. The third kappa shape index (κ3) is 9.42. The highest BCUT2D eigenvalue weighted by Crippen LogP contribution is 2.49. The van der Waals surface area contributed by atoms with E-state index in [1.165, 1.54) is 6.92 Å². The topological polar surface area (TPSA) is 107 Å². The van der Waals surface area contributed by atoms with Crippen molar-refractivity contribution in [1.82, 2.24) is 4.67 Å². The Morgan fingerprint density at radius 2 is 1.84 bits per heavy atom. The smallest absolute Gasteiger partial charge is 0.308 e.